The van der Waals surface area contributed by atoms with Crippen molar-refractivity contribution >= 4 is 21.9 Å². The van der Waals surface area contributed by atoms with Gasteiger partial charge in [0.2, 0.25) is 10.0 Å². The zero-order valence-corrected chi connectivity index (χ0v) is 16.1. The molecule has 6 nitrogen and oxygen atoms in total. The molecule has 0 atom stereocenters. The predicted octanol–water partition coefficient (Wildman–Crippen LogP) is 3.21. The summed E-state index contributed by atoms with van der Waals surface area (Å²) in [6, 6.07) is 11.6. The molecule has 154 valence electrons. The minimum atomic E-state index is -3.61. The standard InChI is InChI=1S/C20H19F2NO5S/c21-20(22)28-17-6-1-15(2-7-17)3-10-19(24)16-4-8-18(9-5-16)29(25,26)23-11-13-27-14-12-23/h1-10,20H,11-14H2/b10-3+. The van der Waals surface area contributed by atoms with Crippen LogP contribution in [0.3, 0.4) is 0 Å². The second kappa shape index (κ2) is 9.25. The van der Waals surface area contributed by atoms with E-state index in [1.54, 1.807) is 12.1 Å². The maximum atomic E-state index is 12.6. The monoisotopic (exact) mass is 423 g/mol. The number of carbonyl (C=O) groups excluding carboxylic acids is 1. The molecular weight excluding hydrogens is 404 g/mol. The molecule has 1 aliphatic rings. The Labute approximate surface area is 167 Å². The summed E-state index contributed by atoms with van der Waals surface area (Å²) in [5, 5.41) is 0. The third kappa shape index (κ3) is 5.47. The Balaban J connectivity index is 1.66. The Morgan fingerprint density at radius 1 is 1.03 bits per heavy atom. The van der Waals surface area contributed by atoms with Gasteiger partial charge in [-0.25, -0.2) is 8.42 Å². The van der Waals surface area contributed by atoms with Crippen LogP contribution in [0, 0.1) is 0 Å². The third-order valence-corrected chi connectivity index (χ3v) is 6.19. The van der Waals surface area contributed by atoms with E-state index >= 15 is 0 Å². The second-order valence-electron chi connectivity index (χ2n) is 6.19. The van der Waals surface area contributed by atoms with Crippen molar-refractivity contribution in [3.8, 4) is 5.75 Å². The molecule has 0 aromatic heterocycles. The molecule has 2 aromatic rings. The van der Waals surface area contributed by atoms with E-state index in [1.807, 2.05) is 0 Å². The highest BCUT2D eigenvalue weighted by Crippen LogP contribution is 2.19. The Morgan fingerprint density at radius 3 is 2.24 bits per heavy atom. The number of carbonyl (C=O) groups is 1. The largest absolute Gasteiger partial charge is 0.435 e. The number of hydrogen-bond donors (Lipinski definition) is 0. The fourth-order valence-electron chi connectivity index (χ4n) is 2.76. The number of halogens is 2. The van der Waals surface area contributed by atoms with Crippen molar-refractivity contribution in [2.75, 3.05) is 26.3 Å². The van der Waals surface area contributed by atoms with Gasteiger partial charge in [0.05, 0.1) is 18.1 Å². The molecule has 0 bridgehead atoms. The van der Waals surface area contributed by atoms with Gasteiger partial charge in [0.1, 0.15) is 5.75 Å². The molecule has 9 heteroatoms. The lowest BCUT2D eigenvalue weighted by Crippen LogP contribution is -2.40. The summed E-state index contributed by atoms with van der Waals surface area (Å²) in [7, 11) is -3.61. The summed E-state index contributed by atoms with van der Waals surface area (Å²) in [4.78, 5) is 12.4. The summed E-state index contributed by atoms with van der Waals surface area (Å²) in [6.07, 6.45) is 2.86. The quantitative estimate of drug-likeness (QED) is 0.505. The lowest BCUT2D eigenvalue weighted by molar-refractivity contribution is -0.0498. The second-order valence-corrected chi connectivity index (χ2v) is 8.12. The number of allylic oxidation sites excluding steroid dienone is 1. The zero-order valence-electron chi connectivity index (χ0n) is 15.3. The molecule has 0 N–H and O–H groups in total. The van der Waals surface area contributed by atoms with E-state index in [0.717, 1.165) is 0 Å². The molecule has 0 spiro atoms. The van der Waals surface area contributed by atoms with Crippen LogP contribution in [-0.4, -0.2) is 51.4 Å². The first-order valence-electron chi connectivity index (χ1n) is 8.81. The smallest absolute Gasteiger partial charge is 0.387 e. The number of benzene rings is 2. The number of alkyl halides is 2. The van der Waals surface area contributed by atoms with Gasteiger partial charge in [0.15, 0.2) is 5.78 Å². The average molecular weight is 423 g/mol. The molecule has 1 saturated heterocycles. The van der Waals surface area contributed by atoms with E-state index in [1.165, 1.54) is 52.9 Å². The molecule has 1 fully saturated rings. The fourth-order valence-corrected chi connectivity index (χ4v) is 4.16. The van der Waals surface area contributed by atoms with Crippen LogP contribution in [0.15, 0.2) is 59.5 Å². The van der Waals surface area contributed by atoms with Crippen molar-refractivity contribution in [1.29, 1.82) is 0 Å². The van der Waals surface area contributed by atoms with Gasteiger partial charge in [-0.3, -0.25) is 4.79 Å². The molecule has 0 radical (unpaired) electrons. The number of sulfonamides is 1. The first-order valence-corrected chi connectivity index (χ1v) is 10.3. The van der Waals surface area contributed by atoms with Gasteiger partial charge in [0, 0.05) is 18.7 Å². The summed E-state index contributed by atoms with van der Waals surface area (Å²) >= 11 is 0. The molecule has 1 heterocycles. The lowest BCUT2D eigenvalue weighted by atomic mass is 10.1. The highest BCUT2D eigenvalue weighted by Gasteiger charge is 2.26. The molecule has 3 rings (SSSR count). The highest BCUT2D eigenvalue weighted by molar-refractivity contribution is 7.89. The topological polar surface area (TPSA) is 72.9 Å². The fraction of sp³-hybridized carbons (Fsp3) is 0.250. The van der Waals surface area contributed by atoms with E-state index in [2.05, 4.69) is 4.74 Å². The first-order chi connectivity index (χ1) is 13.9. The Hall–Kier alpha value is -2.62. The normalized spacial score (nSPS) is 15.7. The van der Waals surface area contributed by atoms with E-state index in [4.69, 9.17) is 4.74 Å². The van der Waals surface area contributed by atoms with Gasteiger partial charge in [-0.05, 0) is 48.0 Å². The lowest BCUT2D eigenvalue weighted by Gasteiger charge is -2.26. The summed E-state index contributed by atoms with van der Waals surface area (Å²) < 4.78 is 60.3. The van der Waals surface area contributed by atoms with Gasteiger partial charge < -0.3 is 9.47 Å². The molecular formula is C20H19F2NO5S. The molecule has 0 aliphatic carbocycles. The van der Waals surface area contributed by atoms with Gasteiger partial charge in [-0.1, -0.05) is 18.2 Å². The Morgan fingerprint density at radius 2 is 1.66 bits per heavy atom. The molecule has 0 unspecified atom stereocenters. The van der Waals surface area contributed by atoms with E-state index in [9.17, 15) is 22.0 Å². The van der Waals surface area contributed by atoms with Crippen LogP contribution in [0.4, 0.5) is 8.78 Å². The van der Waals surface area contributed by atoms with Crippen molar-refractivity contribution < 1.29 is 31.5 Å². The maximum Gasteiger partial charge on any atom is 0.387 e. The van der Waals surface area contributed by atoms with Crippen molar-refractivity contribution in [1.82, 2.24) is 4.31 Å². The van der Waals surface area contributed by atoms with E-state index in [-0.39, 0.29) is 16.4 Å². The van der Waals surface area contributed by atoms with Crippen LogP contribution in [0.1, 0.15) is 15.9 Å². The summed E-state index contributed by atoms with van der Waals surface area (Å²) in [6.45, 7) is -1.58. The van der Waals surface area contributed by atoms with Crippen molar-refractivity contribution in [3.05, 3.63) is 65.7 Å². The average Bonchev–Trinajstić information content (AvgIpc) is 2.73. The van der Waals surface area contributed by atoms with Crippen molar-refractivity contribution in [2.45, 2.75) is 11.5 Å². The number of rotatable bonds is 7. The third-order valence-electron chi connectivity index (χ3n) is 4.28. The predicted molar refractivity (Wildman–Crippen MR) is 102 cm³/mol. The molecule has 1 aliphatic heterocycles. The number of ketones is 1. The van der Waals surface area contributed by atoms with E-state index in [0.29, 0.717) is 37.4 Å². The Kier molecular flexibility index (Phi) is 6.73. The van der Waals surface area contributed by atoms with Crippen LogP contribution in [-0.2, 0) is 14.8 Å². The molecule has 0 saturated carbocycles. The number of nitrogens with zero attached hydrogens (tertiary/aromatic N) is 1. The first kappa shape index (κ1) is 21.1. The number of morpholine rings is 1. The highest BCUT2D eigenvalue weighted by atomic mass is 32.2. The molecule has 29 heavy (non-hydrogen) atoms. The van der Waals surface area contributed by atoms with Crippen LogP contribution < -0.4 is 4.74 Å². The van der Waals surface area contributed by atoms with Gasteiger partial charge in [-0.2, -0.15) is 13.1 Å². The van der Waals surface area contributed by atoms with Gasteiger partial charge in [0.25, 0.3) is 0 Å². The number of ether oxygens (including phenoxy) is 2. The van der Waals surface area contributed by atoms with Crippen molar-refractivity contribution in [3.63, 3.8) is 0 Å². The molecule has 0 amide bonds. The minimum Gasteiger partial charge on any atom is -0.435 e. The van der Waals surface area contributed by atoms with Crippen molar-refractivity contribution in [2.24, 2.45) is 0 Å². The Bertz CT molecular complexity index is 967. The van der Waals surface area contributed by atoms with Crippen LogP contribution in [0.25, 0.3) is 6.08 Å². The summed E-state index contributed by atoms with van der Waals surface area (Å²) in [5.74, 6) is -0.284. The van der Waals surface area contributed by atoms with Gasteiger partial charge >= 0.3 is 6.61 Å². The van der Waals surface area contributed by atoms with Crippen LogP contribution in [0.5, 0.6) is 5.75 Å². The number of hydrogen-bond acceptors (Lipinski definition) is 5. The van der Waals surface area contributed by atoms with Crippen LogP contribution in [0.2, 0.25) is 0 Å². The molecule has 2 aromatic carbocycles. The summed E-state index contributed by atoms with van der Waals surface area (Å²) in [5.41, 5.74) is 0.964. The van der Waals surface area contributed by atoms with E-state index < -0.39 is 16.6 Å². The van der Waals surface area contributed by atoms with Crippen LogP contribution >= 0.6 is 0 Å². The maximum absolute atomic E-state index is 12.6. The SMILES string of the molecule is O=C(/C=C/c1ccc(OC(F)F)cc1)c1ccc(S(=O)(=O)N2CCOCC2)cc1. The zero-order chi connectivity index (χ0) is 20.9. The van der Waals surface area contributed by atoms with Gasteiger partial charge in [-0.15, -0.1) is 0 Å². The minimum absolute atomic E-state index is 0.0283.